The van der Waals surface area contributed by atoms with E-state index in [4.69, 9.17) is 0 Å². The van der Waals surface area contributed by atoms with Gasteiger partial charge >= 0.3 is 0 Å². The molecule has 22 heavy (non-hydrogen) atoms. The molecule has 0 saturated carbocycles. The van der Waals surface area contributed by atoms with Crippen LogP contribution in [0.2, 0.25) is 0 Å². The maximum Gasteiger partial charge on any atom is 0.263 e. The summed E-state index contributed by atoms with van der Waals surface area (Å²) in [7, 11) is -3.62. The molecule has 1 N–H and O–H groups in total. The van der Waals surface area contributed by atoms with E-state index in [2.05, 4.69) is 14.7 Å². The van der Waals surface area contributed by atoms with Crippen LogP contribution in [0.25, 0.3) is 11.3 Å². The molecule has 0 amide bonds. The molecular weight excluding hydrogens is 318 g/mol. The summed E-state index contributed by atoms with van der Waals surface area (Å²) in [4.78, 5) is 8.54. The van der Waals surface area contributed by atoms with Gasteiger partial charge in [0.2, 0.25) is 0 Å². The zero-order valence-corrected chi connectivity index (χ0v) is 13.4. The molecule has 0 aliphatic rings. The van der Waals surface area contributed by atoms with Crippen molar-refractivity contribution in [3.05, 3.63) is 59.7 Å². The van der Waals surface area contributed by atoms with Gasteiger partial charge in [0.1, 0.15) is 0 Å². The Hall–Kier alpha value is -2.25. The van der Waals surface area contributed by atoms with Crippen molar-refractivity contribution in [1.29, 1.82) is 0 Å². The van der Waals surface area contributed by atoms with Gasteiger partial charge in [0.05, 0.1) is 10.6 Å². The van der Waals surface area contributed by atoms with Crippen LogP contribution in [0.15, 0.2) is 59.1 Å². The SMILES string of the molecule is Cc1ccc(S(=O)(=O)Nc2nc(-c3cccnc3)cs2)cc1. The molecule has 7 heteroatoms. The van der Waals surface area contributed by atoms with Gasteiger partial charge in [-0.1, -0.05) is 17.7 Å². The molecule has 0 aliphatic carbocycles. The fourth-order valence-corrected chi connectivity index (χ4v) is 3.83. The lowest BCUT2D eigenvalue weighted by Gasteiger charge is -2.05. The van der Waals surface area contributed by atoms with Crippen LogP contribution in [0.4, 0.5) is 5.13 Å². The molecule has 2 aromatic heterocycles. The minimum atomic E-state index is -3.62. The lowest BCUT2D eigenvalue weighted by molar-refractivity contribution is 0.601. The third kappa shape index (κ3) is 3.15. The molecular formula is C15H13N3O2S2. The van der Waals surface area contributed by atoms with E-state index < -0.39 is 10.0 Å². The molecule has 1 aromatic carbocycles. The number of aryl methyl sites for hydroxylation is 1. The molecule has 112 valence electrons. The zero-order valence-electron chi connectivity index (χ0n) is 11.7. The molecule has 0 atom stereocenters. The van der Waals surface area contributed by atoms with Gasteiger partial charge in [-0.3, -0.25) is 9.71 Å². The van der Waals surface area contributed by atoms with Gasteiger partial charge in [-0.15, -0.1) is 11.3 Å². The lowest BCUT2D eigenvalue weighted by atomic mass is 10.2. The van der Waals surface area contributed by atoms with Crippen LogP contribution < -0.4 is 4.72 Å². The molecule has 0 aliphatic heterocycles. The van der Waals surface area contributed by atoms with Crippen LogP contribution in [-0.2, 0) is 10.0 Å². The van der Waals surface area contributed by atoms with Gasteiger partial charge in [-0.25, -0.2) is 13.4 Å². The standard InChI is InChI=1S/C15H13N3O2S2/c1-11-4-6-13(7-5-11)22(19,20)18-15-17-14(10-21-15)12-3-2-8-16-9-12/h2-10H,1H3,(H,17,18). The number of pyridine rings is 1. The van der Waals surface area contributed by atoms with Gasteiger partial charge in [0, 0.05) is 23.3 Å². The van der Waals surface area contributed by atoms with Crippen LogP contribution in [-0.4, -0.2) is 18.4 Å². The number of hydrogen-bond donors (Lipinski definition) is 1. The second-order valence-electron chi connectivity index (χ2n) is 4.70. The van der Waals surface area contributed by atoms with Crippen molar-refractivity contribution in [2.45, 2.75) is 11.8 Å². The Morgan fingerprint density at radius 3 is 2.59 bits per heavy atom. The first-order valence-electron chi connectivity index (χ1n) is 6.50. The molecule has 5 nitrogen and oxygen atoms in total. The topological polar surface area (TPSA) is 72.0 Å². The van der Waals surface area contributed by atoms with E-state index in [1.54, 1.807) is 42.0 Å². The van der Waals surface area contributed by atoms with Crippen LogP contribution >= 0.6 is 11.3 Å². The first-order chi connectivity index (χ1) is 10.5. The second-order valence-corrected chi connectivity index (χ2v) is 7.24. The number of sulfonamides is 1. The smallest absolute Gasteiger partial charge is 0.263 e. The highest BCUT2D eigenvalue weighted by Crippen LogP contribution is 2.26. The maximum absolute atomic E-state index is 12.3. The first kappa shape index (κ1) is 14.7. The van der Waals surface area contributed by atoms with Crippen molar-refractivity contribution in [3.8, 4) is 11.3 Å². The Balaban J connectivity index is 1.84. The summed E-state index contributed by atoms with van der Waals surface area (Å²) in [6.45, 7) is 1.91. The Morgan fingerprint density at radius 1 is 1.14 bits per heavy atom. The molecule has 0 bridgehead atoms. The lowest BCUT2D eigenvalue weighted by Crippen LogP contribution is -2.12. The average Bonchev–Trinajstić information content (AvgIpc) is 2.96. The van der Waals surface area contributed by atoms with Crippen molar-refractivity contribution < 1.29 is 8.42 Å². The summed E-state index contributed by atoms with van der Waals surface area (Å²) in [5, 5.41) is 2.13. The fourth-order valence-electron chi connectivity index (χ4n) is 1.86. The van der Waals surface area contributed by atoms with Crippen LogP contribution in [0.1, 0.15) is 5.56 Å². The quantitative estimate of drug-likeness (QED) is 0.796. The zero-order chi connectivity index (χ0) is 15.6. The molecule has 0 unspecified atom stereocenters. The molecule has 0 radical (unpaired) electrons. The third-order valence-corrected chi connectivity index (χ3v) is 5.26. The summed E-state index contributed by atoms with van der Waals surface area (Å²) < 4.78 is 27.1. The number of hydrogen-bond acceptors (Lipinski definition) is 5. The summed E-state index contributed by atoms with van der Waals surface area (Å²) in [6, 6.07) is 10.4. The van der Waals surface area contributed by atoms with E-state index in [9.17, 15) is 8.42 Å². The van der Waals surface area contributed by atoms with E-state index in [0.29, 0.717) is 10.8 Å². The predicted octanol–water partition coefficient (Wildman–Crippen LogP) is 3.31. The number of nitrogens with one attached hydrogen (secondary N) is 1. The number of aromatic nitrogens is 2. The van der Waals surface area contributed by atoms with Crippen molar-refractivity contribution in [3.63, 3.8) is 0 Å². The summed E-state index contributed by atoms with van der Waals surface area (Å²) in [5.41, 5.74) is 2.55. The van der Waals surface area contributed by atoms with Crippen LogP contribution in [0, 0.1) is 6.92 Å². The Bertz CT molecular complexity index is 873. The first-order valence-corrected chi connectivity index (χ1v) is 8.86. The van der Waals surface area contributed by atoms with Crippen LogP contribution in [0.3, 0.4) is 0 Å². The van der Waals surface area contributed by atoms with Gasteiger partial charge in [-0.2, -0.15) is 0 Å². The largest absolute Gasteiger partial charge is 0.264 e. The highest BCUT2D eigenvalue weighted by atomic mass is 32.2. The molecule has 3 aromatic rings. The van der Waals surface area contributed by atoms with Gasteiger partial charge in [0.15, 0.2) is 5.13 Å². The van der Waals surface area contributed by atoms with Crippen molar-refractivity contribution >= 4 is 26.5 Å². The predicted molar refractivity (Wildman–Crippen MR) is 87.3 cm³/mol. The fraction of sp³-hybridized carbons (Fsp3) is 0.0667. The summed E-state index contributed by atoms with van der Waals surface area (Å²) in [6.07, 6.45) is 3.37. The Labute approximate surface area is 132 Å². The number of thiazole rings is 1. The summed E-state index contributed by atoms with van der Waals surface area (Å²) >= 11 is 1.24. The van der Waals surface area contributed by atoms with Crippen molar-refractivity contribution in [2.75, 3.05) is 4.72 Å². The molecule has 0 fully saturated rings. The number of benzene rings is 1. The van der Waals surface area contributed by atoms with E-state index in [0.717, 1.165) is 11.1 Å². The Kier molecular flexibility index (Phi) is 3.91. The number of rotatable bonds is 4. The minimum absolute atomic E-state index is 0.219. The molecule has 0 saturated heterocycles. The average molecular weight is 331 g/mol. The number of nitrogens with zero attached hydrogens (tertiary/aromatic N) is 2. The molecule has 0 spiro atoms. The number of anilines is 1. The van der Waals surface area contributed by atoms with Gasteiger partial charge < -0.3 is 0 Å². The van der Waals surface area contributed by atoms with Crippen molar-refractivity contribution in [2.24, 2.45) is 0 Å². The summed E-state index contributed by atoms with van der Waals surface area (Å²) in [5.74, 6) is 0. The molecule has 3 rings (SSSR count). The van der Waals surface area contributed by atoms with E-state index in [-0.39, 0.29) is 4.90 Å². The van der Waals surface area contributed by atoms with E-state index in [1.165, 1.54) is 11.3 Å². The van der Waals surface area contributed by atoms with E-state index >= 15 is 0 Å². The Morgan fingerprint density at radius 2 is 1.91 bits per heavy atom. The maximum atomic E-state index is 12.3. The minimum Gasteiger partial charge on any atom is -0.264 e. The highest BCUT2D eigenvalue weighted by Gasteiger charge is 2.16. The second kappa shape index (κ2) is 5.86. The highest BCUT2D eigenvalue weighted by molar-refractivity contribution is 7.93. The van der Waals surface area contributed by atoms with Gasteiger partial charge in [-0.05, 0) is 31.2 Å². The van der Waals surface area contributed by atoms with E-state index in [1.807, 2.05) is 19.1 Å². The van der Waals surface area contributed by atoms with Crippen LogP contribution in [0.5, 0.6) is 0 Å². The normalized spacial score (nSPS) is 11.3. The monoisotopic (exact) mass is 331 g/mol. The third-order valence-electron chi connectivity index (χ3n) is 3.01. The van der Waals surface area contributed by atoms with Gasteiger partial charge in [0.25, 0.3) is 10.0 Å². The van der Waals surface area contributed by atoms with Crippen molar-refractivity contribution in [1.82, 2.24) is 9.97 Å². The molecule has 2 heterocycles.